The zero-order valence-electron chi connectivity index (χ0n) is 12.0. The van der Waals surface area contributed by atoms with Crippen LogP contribution in [0.5, 0.6) is 0 Å². The van der Waals surface area contributed by atoms with Gasteiger partial charge < -0.3 is 9.74 Å². The Balaban J connectivity index is 0. The lowest BCUT2D eigenvalue weighted by Crippen LogP contribution is -2.11. The molecule has 0 aromatic carbocycles. The van der Waals surface area contributed by atoms with Gasteiger partial charge in [-0.2, -0.15) is 0 Å². The van der Waals surface area contributed by atoms with Crippen molar-refractivity contribution in [3.63, 3.8) is 0 Å². The Labute approximate surface area is 102 Å². The third kappa shape index (κ3) is 16.3. The van der Waals surface area contributed by atoms with Crippen LogP contribution in [0.3, 0.4) is 0 Å². The number of rotatable bonds is 3. The largest absolute Gasteiger partial charge is 0.312 e. The molecule has 2 N–H and O–H groups in total. The quantitative estimate of drug-likeness (QED) is 0.760. The highest BCUT2D eigenvalue weighted by atomic mass is 16.6. The van der Waals surface area contributed by atoms with Crippen LogP contribution in [0.1, 0.15) is 52.4 Å². The highest BCUT2D eigenvalue weighted by Gasteiger charge is 2.12. The van der Waals surface area contributed by atoms with Crippen LogP contribution in [-0.4, -0.2) is 32.6 Å². The molecular formula is C13H32N2O. The number of nitrogens with zero attached hydrogens (tertiary/aromatic N) is 1. The number of hydrogen-bond donors (Lipinski definition) is 1. The summed E-state index contributed by atoms with van der Waals surface area (Å²) in [7, 11) is 6.00. The average Bonchev–Trinajstić information content (AvgIpc) is 2.30. The molecule has 3 heteroatoms. The molecule has 0 saturated heterocycles. The molecule has 100 valence electrons. The number of hydrogen-bond acceptors (Lipinski definition) is 3. The molecule has 0 aromatic heterocycles. The van der Waals surface area contributed by atoms with Gasteiger partial charge in [0, 0.05) is 0 Å². The van der Waals surface area contributed by atoms with E-state index < -0.39 is 0 Å². The van der Waals surface area contributed by atoms with Gasteiger partial charge in [-0.15, -0.1) is 0 Å². The van der Waals surface area contributed by atoms with E-state index >= 15 is 0 Å². The summed E-state index contributed by atoms with van der Waals surface area (Å²) in [6.07, 6.45) is 8.20. The van der Waals surface area contributed by atoms with Crippen LogP contribution >= 0.6 is 0 Å². The maximum atomic E-state index is 4.95. The molecule has 1 aliphatic carbocycles. The van der Waals surface area contributed by atoms with E-state index in [9.17, 15) is 0 Å². The second-order valence-corrected chi connectivity index (χ2v) is 4.51. The van der Waals surface area contributed by atoms with Crippen molar-refractivity contribution in [2.75, 3.05) is 27.7 Å². The second kappa shape index (κ2) is 14.9. The van der Waals surface area contributed by atoms with E-state index in [4.69, 9.17) is 5.90 Å². The fourth-order valence-corrected chi connectivity index (χ4v) is 1.71. The van der Waals surface area contributed by atoms with Crippen LogP contribution in [-0.2, 0) is 4.84 Å². The van der Waals surface area contributed by atoms with Gasteiger partial charge in [-0.3, -0.25) is 0 Å². The van der Waals surface area contributed by atoms with E-state index in [-0.39, 0.29) is 0 Å². The summed E-state index contributed by atoms with van der Waals surface area (Å²) in [4.78, 5) is 6.54. The summed E-state index contributed by atoms with van der Waals surface area (Å²) in [5.41, 5.74) is 0. The molecule has 0 unspecified atom stereocenters. The third-order valence-electron chi connectivity index (χ3n) is 2.37. The molecule has 0 heterocycles. The Morgan fingerprint density at radius 1 is 1.06 bits per heavy atom. The van der Waals surface area contributed by atoms with Gasteiger partial charge in [-0.05, 0) is 33.5 Å². The Bertz CT molecular complexity index is 110. The standard InChI is InChI=1S/C8H17NO.C3H9N.C2H6/c9-10-7-6-8-4-2-1-3-5-8;1-4(2)3;1-2/h8H,1-7,9H2;1-3H3;1-2H3. The molecule has 3 nitrogen and oxygen atoms in total. The molecule has 0 atom stereocenters. The first-order valence-electron chi connectivity index (χ1n) is 6.59. The first-order chi connectivity index (χ1) is 7.66. The summed E-state index contributed by atoms with van der Waals surface area (Å²) in [5.74, 6) is 5.85. The smallest absolute Gasteiger partial charge is 0.0681 e. The molecule has 0 bridgehead atoms. The predicted octanol–water partition coefficient (Wildman–Crippen LogP) is 3.05. The molecule has 1 rings (SSSR count). The van der Waals surface area contributed by atoms with E-state index in [0.717, 1.165) is 18.9 Å². The molecule has 0 radical (unpaired) electrons. The normalized spacial score (nSPS) is 15.9. The molecule has 16 heavy (non-hydrogen) atoms. The SMILES string of the molecule is CC.CN(C)C.NOCCC1CCCCC1. The zero-order valence-corrected chi connectivity index (χ0v) is 12.0. The summed E-state index contributed by atoms with van der Waals surface area (Å²) in [5, 5.41) is 0. The van der Waals surface area contributed by atoms with Crippen molar-refractivity contribution in [3.8, 4) is 0 Å². The summed E-state index contributed by atoms with van der Waals surface area (Å²) < 4.78 is 0. The fraction of sp³-hybridized carbons (Fsp3) is 1.00. The van der Waals surface area contributed by atoms with Crippen LogP contribution < -0.4 is 5.90 Å². The fourth-order valence-electron chi connectivity index (χ4n) is 1.71. The minimum absolute atomic E-state index is 0.741. The third-order valence-corrected chi connectivity index (χ3v) is 2.37. The maximum absolute atomic E-state index is 4.95. The van der Waals surface area contributed by atoms with E-state index in [1.165, 1.54) is 32.1 Å². The summed E-state index contributed by atoms with van der Waals surface area (Å²) in [6.45, 7) is 4.74. The van der Waals surface area contributed by atoms with Crippen molar-refractivity contribution in [2.45, 2.75) is 52.4 Å². The summed E-state index contributed by atoms with van der Waals surface area (Å²) in [6, 6.07) is 0. The van der Waals surface area contributed by atoms with Crippen molar-refractivity contribution in [3.05, 3.63) is 0 Å². The predicted molar refractivity (Wildman–Crippen MR) is 72.3 cm³/mol. The topological polar surface area (TPSA) is 38.5 Å². The first-order valence-corrected chi connectivity index (χ1v) is 6.59. The molecule has 0 aromatic rings. The Morgan fingerprint density at radius 3 is 1.88 bits per heavy atom. The van der Waals surface area contributed by atoms with Crippen molar-refractivity contribution in [1.29, 1.82) is 0 Å². The van der Waals surface area contributed by atoms with Crippen molar-refractivity contribution < 1.29 is 4.84 Å². The van der Waals surface area contributed by atoms with E-state index in [0.29, 0.717) is 0 Å². The maximum Gasteiger partial charge on any atom is 0.0681 e. The highest BCUT2D eigenvalue weighted by Crippen LogP contribution is 2.25. The minimum atomic E-state index is 0.741. The molecule has 0 spiro atoms. The van der Waals surface area contributed by atoms with Gasteiger partial charge in [0.25, 0.3) is 0 Å². The molecule has 1 aliphatic rings. The lowest BCUT2D eigenvalue weighted by molar-refractivity contribution is 0.116. The zero-order chi connectivity index (χ0) is 12.8. The molecule has 1 fully saturated rings. The molecule has 1 saturated carbocycles. The second-order valence-electron chi connectivity index (χ2n) is 4.51. The van der Waals surface area contributed by atoms with Crippen LogP contribution in [0.25, 0.3) is 0 Å². The lowest BCUT2D eigenvalue weighted by atomic mass is 9.87. The van der Waals surface area contributed by atoms with Gasteiger partial charge in [0.05, 0.1) is 6.61 Å². The van der Waals surface area contributed by atoms with Crippen molar-refractivity contribution in [1.82, 2.24) is 4.90 Å². The Hall–Kier alpha value is -0.120. The van der Waals surface area contributed by atoms with Gasteiger partial charge >= 0.3 is 0 Å². The molecule has 0 amide bonds. The molecule has 0 aliphatic heterocycles. The van der Waals surface area contributed by atoms with E-state index in [1.54, 1.807) is 0 Å². The summed E-state index contributed by atoms with van der Waals surface area (Å²) >= 11 is 0. The van der Waals surface area contributed by atoms with Crippen molar-refractivity contribution in [2.24, 2.45) is 11.8 Å². The lowest BCUT2D eigenvalue weighted by Gasteiger charge is -2.20. The van der Waals surface area contributed by atoms with Gasteiger partial charge in [0.15, 0.2) is 0 Å². The van der Waals surface area contributed by atoms with E-state index in [2.05, 4.69) is 4.84 Å². The monoisotopic (exact) mass is 232 g/mol. The van der Waals surface area contributed by atoms with Crippen LogP contribution in [0, 0.1) is 5.92 Å². The van der Waals surface area contributed by atoms with Crippen LogP contribution in [0.2, 0.25) is 0 Å². The Morgan fingerprint density at radius 2 is 1.50 bits per heavy atom. The number of nitrogens with two attached hydrogens (primary N) is 1. The molecular weight excluding hydrogens is 200 g/mol. The minimum Gasteiger partial charge on any atom is -0.312 e. The van der Waals surface area contributed by atoms with Crippen LogP contribution in [0.4, 0.5) is 0 Å². The van der Waals surface area contributed by atoms with Gasteiger partial charge in [0.2, 0.25) is 0 Å². The van der Waals surface area contributed by atoms with Gasteiger partial charge in [0.1, 0.15) is 0 Å². The van der Waals surface area contributed by atoms with E-state index in [1.807, 2.05) is 39.9 Å². The van der Waals surface area contributed by atoms with Gasteiger partial charge in [-0.25, -0.2) is 5.90 Å². The first kappa shape index (κ1) is 18.3. The van der Waals surface area contributed by atoms with Gasteiger partial charge in [-0.1, -0.05) is 46.0 Å². The Kier molecular flexibility index (Phi) is 17.0. The van der Waals surface area contributed by atoms with Crippen molar-refractivity contribution >= 4 is 0 Å². The van der Waals surface area contributed by atoms with Crippen LogP contribution in [0.15, 0.2) is 0 Å². The highest BCUT2D eigenvalue weighted by molar-refractivity contribution is 4.64. The average molecular weight is 232 g/mol.